The summed E-state index contributed by atoms with van der Waals surface area (Å²) in [5, 5.41) is 13.5. The fourth-order valence-corrected chi connectivity index (χ4v) is 5.50. The number of benzene rings is 3. The first kappa shape index (κ1) is 28.5. The van der Waals surface area contributed by atoms with Crippen LogP contribution in [0.2, 0.25) is 15.1 Å². The van der Waals surface area contributed by atoms with Gasteiger partial charge in [-0.05, 0) is 73.4 Å². The predicted molar refractivity (Wildman–Crippen MR) is 155 cm³/mol. The maximum Gasteiger partial charge on any atom is 0.271 e. The number of aromatic nitrogens is 2. The minimum atomic E-state index is -1.08. The number of hydrogen-bond acceptors (Lipinski definition) is 4. The minimum Gasteiger partial charge on any atom is -0.611 e. The van der Waals surface area contributed by atoms with Crippen molar-refractivity contribution in [2.75, 3.05) is 12.4 Å². The highest BCUT2D eigenvalue weighted by molar-refractivity contribution is 7.91. The summed E-state index contributed by atoms with van der Waals surface area (Å²) >= 11 is 18.7. The highest BCUT2D eigenvalue weighted by atomic mass is 35.5. The molecule has 1 atom stereocenters. The lowest BCUT2D eigenvalue weighted by Crippen LogP contribution is -2.46. The molecule has 0 bridgehead atoms. The van der Waals surface area contributed by atoms with Crippen molar-refractivity contribution >= 4 is 51.9 Å². The molecule has 0 radical (unpaired) electrons. The van der Waals surface area contributed by atoms with E-state index in [1.165, 1.54) is 0 Å². The molecule has 1 aromatic heterocycles. The van der Waals surface area contributed by atoms with Gasteiger partial charge in [0, 0.05) is 12.3 Å². The summed E-state index contributed by atoms with van der Waals surface area (Å²) in [6.07, 6.45) is 1.56. The summed E-state index contributed by atoms with van der Waals surface area (Å²) in [6, 6.07) is 18.1. The topological polar surface area (TPSA) is 90.2 Å². The van der Waals surface area contributed by atoms with Gasteiger partial charge in [0.05, 0.1) is 38.5 Å². The van der Waals surface area contributed by atoms with Crippen molar-refractivity contribution in [3.63, 3.8) is 0 Å². The summed E-state index contributed by atoms with van der Waals surface area (Å²) in [5.41, 5.74) is 1.98. The average molecular weight is 591 g/mol. The van der Waals surface area contributed by atoms with Gasteiger partial charge in [0.2, 0.25) is 0 Å². The van der Waals surface area contributed by atoms with E-state index in [0.29, 0.717) is 37.9 Å². The van der Waals surface area contributed by atoms with E-state index in [-0.39, 0.29) is 12.3 Å². The summed E-state index contributed by atoms with van der Waals surface area (Å²) in [5.74, 6) is 0.394. The normalized spacial score (nSPS) is 12.4. The van der Waals surface area contributed by atoms with Crippen LogP contribution in [0.3, 0.4) is 0 Å². The predicted octanol–water partition coefficient (Wildman–Crippen LogP) is 6.79. The first-order valence-corrected chi connectivity index (χ1v) is 14.3. The molecule has 10 heteroatoms. The van der Waals surface area contributed by atoms with Crippen LogP contribution in [0.15, 0.2) is 71.8 Å². The number of aliphatic hydroxyl groups excluding tert-OH is 1. The second-order valence-corrected chi connectivity index (χ2v) is 12.2. The maximum atomic E-state index is 13.0. The van der Waals surface area contributed by atoms with Crippen LogP contribution in [0.1, 0.15) is 31.3 Å². The van der Waals surface area contributed by atoms with Crippen LogP contribution in [0.5, 0.6) is 0 Å². The molecule has 0 aliphatic carbocycles. The Morgan fingerprint density at radius 2 is 1.68 bits per heavy atom. The standard InChI is InChI=1S/C28H26Cl3N3O3S/c1-4-38(37)19-8-5-7-17(13-19)18-11-12-24(22(31)14-18)34-15-23(27(36)33-28(2,3)16-35)32-26(34)25-20(29)9-6-10-21(25)30/h5-15,35H,4,16H2,1-3H3,(H,33,36). The Labute approximate surface area is 239 Å². The first-order chi connectivity index (χ1) is 18.0. The molecule has 4 rings (SSSR count). The van der Waals surface area contributed by atoms with E-state index < -0.39 is 22.6 Å². The van der Waals surface area contributed by atoms with Crippen molar-refractivity contribution in [2.45, 2.75) is 31.2 Å². The molecule has 2 N–H and O–H groups in total. The largest absolute Gasteiger partial charge is 0.611 e. The zero-order valence-corrected chi connectivity index (χ0v) is 24.0. The van der Waals surface area contributed by atoms with Gasteiger partial charge in [0.25, 0.3) is 5.91 Å². The second kappa shape index (κ2) is 11.7. The van der Waals surface area contributed by atoms with Crippen LogP contribution in [0, 0.1) is 0 Å². The molecule has 6 nitrogen and oxygen atoms in total. The summed E-state index contributed by atoms with van der Waals surface area (Å²) < 4.78 is 14.0. The number of carbonyl (C=O) groups is 1. The lowest BCUT2D eigenvalue weighted by molar-refractivity contribution is 0.0864. The van der Waals surface area contributed by atoms with E-state index in [1.807, 2.05) is 43.3 Å². The SMILES string of the molecule is CC[S+]([O-])c1cccc(-c2ccc(-n3cc(C(=O)NC(C)(C)CO)nc3-c3c(Cl)cccc3Cl)c(Cl)c2)c1. The van der Waals surface area contributed by atoms with Crippen molar-refractivity contribution in [1.82, 2.24) is 14.9 Å². The number of nitrogens with one attached hydrogen (secondary N) is 1. The second-order valence-electron chi connectivity index (χ2n) is 9.24. The number of halogens is 3. The number of aliphatic hydroxyl groups is 1. The molecule has 0 aliphatic rings. The quantitative estimate of drug-likeness (QED) is 0.221. The monoisotopic (exact) mass is 589 g/mol. The van der Waals surface area contributed by atoms with E-state index >= 15 is 0 Å². The Bertz CT molecular complexity index is 1470. The zero-order chi connectivity index (χ0) is 27.6. The van der Waals surface area contributed by atoms with Gasteiger partial charge in [-0.15, -0.1) is 0 Å². The van der Waals surface area contributed by atoms with Gasteiger partial charge < -0.3 is 15.0 Å². The van der Waals surface area contributed by atoms with Gasteiger partial charge in [0.15, 0.2) is 4.90 Å². The number of amides is 1. The third-order valence-electron chi connectivity index (χ3n) is 5.87. The third kappa shape index (κ3) is 6.04. The number of imidazole rings is 1. The molecule has 0 spiro atoms. The third-order valence-corrected chi connectivity index (χ3v) is 8.11. The molecule has 0 saturated carbocycles. The molecule has 1 unspecified atom stereocenters. The van der Waals surface area contributed by atoms with Crippen molar-refractivity contribution in [3.8, 4) is 28.2 Å². The Morgan fingerprint density at radius 3 is 2.32 bits per heavy atom. The van der Waals surface area contributed by atoms with Crippen LogP contribution >= 0.6 is 34.8 Å². The van der Waals surface area contributed by atoms with Crippen LogP contribution in [0.25, 0.3) is 28.2 Å². The maximum absolute atomic E-state index is 13.0. The van der Waals surface area contributed by atoms with Gasteiger partial charge in [-0.25, -0.2) is 4.98 Å². The number of rotatable bonds is 8. The summed E-state index contributed by atoms with van der Waals surface area (Å²) in [7, 11) is 0. The van der Waals surface area contributed by atoms with Gasteiger partial charge in [-0.1, -0.05) is 59.1 Å². The van der Waals surface area contributed by atoms with Crippen molar-refractivity contribution in [1.29, 1.82) is 0 Å². The van der Waals surface area contributed by atoms with Gasteiger partial charge in [-0.2, -0.15) is 0 Å². The zero-order valence-electron chi connectivity index (χ0n) is 21.0. The molecule has 1 amide bonds. The highest BCUT2D eigenvalue weighted by Crippen LogP contribution is 2.37. The summed E-state index contributed by atoms with van der Waals surface area (Å²) in [4.78, 5) is 18.3. The lowest BCUT2D eigenvalue weighted by atomic mass is 10.1. The van der Waals surface area contributed by atoms with Crippen molar-refractivity contribution < 1.29 is 14.5 Å². The summed E-state index contributed by atoms with van der Waals surface area (Å²) in [6.45, 7) is 5.04. The van der Waals surface area contributed by atoms with Gasteiger partial charge in [-0.3, -0.25) is 9.36 Å². The fraction of sp³-hybridized carbons (Fsp3) is 0.214. The van der Waals surface area contributed by atoms with Crippen LogP contribution in [0.4, 0.5) is 0 Å². The molecule has 4 aromatic rings. The first-order valence-electron chi connectivity index (χ1n) is 11.8. The fourth-order valence-electron chi connectivity index (χ4n) is 3.84. The molecule has 0 aliphatic heterocycles. The van der Waals surface area contributed by atoms with E-state index in [2.05, 4.69) is 10.3 Å². The van der Waals surface area contributed by atoms with Crippen LogP contribution in [-0.4, -0.2) is 43.0 Å². The Balaban J connectivity index is 1.83. The number of hydrogen-bond donors (Lipinski definition) is 2. The average Bonchev–Trinajstić information content (AvgIpc) is 3.32. The highest BCUT2D eigenvalue weighted by Gasteiger charge is 2.25. The van der Waals surface area contributed by atoms with Crippen molar-refractivity contribution in [3.05, 3.63) is 87.6 Å². The molecule has 0 saturated heterocycles. The number of nitrogens with zero attached hydrogens (tertiary/aromatic N) is 2. The minimum absolute atomic E-state index is 0.104. The smallest absolute Gasteiger partial charge is 0.271 e. The van der Waals surface area contributed by atoms with Crippen molar-refractivity contribution in [2.24, 2.45) is 0 Å². The number of carbonyl (C=O) groups excluding carboxylic acids is 1. The van der Waals surface area contributed by atoms with E-state index in [9.17, 15) is 14.5 Å². The van der Waals surface area contributed by atoms with E-state index in [1.54, 1.807) is 48.9 Å². The molecule has 38 heavy (non-hydrogen) atoms. The molecule has 3 aromatic carbocycles. The van der Waals surface area contributed by atoms with E-state index in [0.717, 1.165) is 16.0 Å². The van der Waals surface area contributed by atoms with Crippen LogP contribution < -0.4 is 5.32 Å². The molecule has 198 valence electrons. The van der Waals surface area contributed by atoms with Gasteiger partial charge in [0.1, 0.15) is 17.3 Å². The molecular formula is C28H26Cl3N3O3S. The molecular weight excluding hydrogens is 565 g/mol. The Hall–Kier alpha value is -2.52. The lowest BCUT2D eigenvalue weighted by Gasteiger charge is -2.22. The van der Waals surface area contributed by atoms with Gasteiger partial charge >= 0.3 is 0 Å². The van der Waals surface area contributed by atoms with E-state index in [4.69, 9.17) is 34.8 Å². The molecule has 1 heterocycles. The Morgan fingerprint density at radius 1 is 1.03 bits per heavy atom. The van der Waals surface area contributed by atoms with Crippen LogP contribution in [-0.2, 0) is 11.2 Å². The Kier molecular flexibility index (Phi) is 8.77. The molecule has 0 fully saturated rings.